The fraction of sp³-hybridized carbons (Fsp3) is 0.400. The lowest BCUT2D eigenvalue weighted by molar-refractivity contribution is 0.194. The van der Waals surface area contributed by atoms with Gasteiger partial charge in [-0.25, -0.2) is 0 Å². The van der Waals surface area contributed by atoms with E-state index in [0.29, 0.717) is 0 Å². The third kappa shape index (κ3) is 2.06. The predicted molar refractivity (Wildman–Crippen MR) is 72.7 cm³/mol. The van der Waals surface area contributed by atoms with Crippen LogP contribution in [0.3, 0.4) is 0 Å². The van der Waals surface area contributed by atoms with Gasteiger partial charge in [-0.1, -0.05) is 12.1 Å². The van der Waals surface area contributed by atoms with Gasteiger partial charge < -0.3 is 10.5 Å². The number of aryl methyl sites for hydroxylation is 1. The lowest BCUT2D eigenvalue weighted by Crippen LogP contribution is -2.33. The van der Waals surface area contributed by atoms with Crippen molar-refractivity contribution in [3.8, 4) is 5.75 Å². The van der Waals surface area contributed by atoms with Gasteiger partial charge in [0.15, 0.2) is 0 Å². The third-order valence-corrected chi connectivity index (χ3v) is 3.59. The lowest BCUT2D eigenvalue weighted by atomic mass is 10.1. The Morgan fingerprint density at radius 3 is 2.89 bits per heavy atom. The van der Waals surface area contributed by atoms with Crippen molar-refractivity contribution < 1.29 is 4.74 Å². The summed E-state index contributed by atoms with van der Waals surface area (Å²) in [5.41, 5.74) is 8.04. The number of hydrogen-bond acceptors (Lipinski definition) is 3. The molecule has 1 aromatic heterocycles. The van der Waals surface area contributed by atoms with Gasteiger partial charge in [-0.2, -0.15) is 0 Å². The maximum atomic E-state index is 6.12. The van der Waals surface area contributed by atoms with Gasteiger partial charge in [0.2, 0.25) is 0 Å². The molecule has 0 amide bonds. The van der Waals surface area contributed by atoms with E-state index in [9.17, 15) is 0 Å². The van der Waals surface area contributed by atoms with Crippen LogP contribution in [0.5, 0.6) is 5.75 Å². The summed E-state index contributed by atoms with van der Waals surface area (Å²) in [5.74, 6) is 0.917. The first-order chi connectivity index (χ1) is 8.74. The summed E-state index contributed by atoms with van der Waals surface area (Å²) in [6, 6.07) is 10.3. The molecule has 2 N–H and O–H groups in total. The molecular weight excluding hydrogens is 224 g/mol. The summed E-state index contributed by atoms with van der Waals surface area (Å²) < 4.78 is 6.12. The minimum atomic E-state index is 0.148. The lowest BCUT2D eigenvalue weighted by Gasteiger charge is -2.19. The minimum absolute atomic E-state index is 0.148. The van der Waals surface area contributed by atoms with E-state index in [0.717, 1.165) is 41.6 Å². The van der Waals surface area contributed by atoms with Crippen LogP contribution in [0.1, 0.15) is 25.0 Å². The van der Waals surface area contributed by atoms with Crippen molar-refractivity contribution in [2.24, 2.45) is 5.73 Å². The number of rotatable bonds is 2. The van der Waals surface area contributed by atoms with Gasteiger partial charge in [-0.3, -0.25) is 4.98 Å². The van der Waals surface area contributed by atoms with Gasteiger partial charge in [0, 0.05) is 23.2 Å². The minimum Gasteiger partial charge on any atom is -0.488 e. The molecule has 2 atom stereocenters. The van der Waals surface area contributed by atoms with Gasteiger partial charge >= 0.3 is 0 Å². The molecule has 3 rings (SSSR count). The molecular formula is C15H18N2O. The van der Waals surface area contributed by atoms with E-state index in [1.54, 1.807) is 0 Å². The number of ether oxygens (including phenoxy) is 1. The fourth-order valence-corrected chi connectivity index (χ4v) is 2.63. The van der Waals surface area contributed by atoms with Crippen LogP contribution in [-0.4, -0.2) is 17.1 Å². The quantitative estimate of drug-likeness (QED) is 0.881. The van der Waals surface area contributed by atoms with Crippen molar-refractivity contribution in [1.82, 2.24) is 4.98 Å². The molecule has 18 heavy (non-hydrogen) atoms. The molecule has 1 fully saturated rings. The summed E-state index contributed by atoms with van der Waals surface area (Å²) in [6.07, 6.45) is 3.42. The Morgan fingerprint density at radius 1 is 1.28 bits per heavy atom. The molecule has 0 saturated heterocycles. The Labute approximate surface area is 107 Å². The van der Waals surface area contributed by atoms with Crippen LogP contribution in [0, 0.1) is 6.92 Å². The summed E-state index contributed by atoms with van der Waals surface area (Å²) >= 11 is 0. The number of fused-ring (bicyclic) bond motifs is 1. The standard InChI is InChI=1S/C15H18N2O/c1-10-9-15(18-14-8-4-6-12(14)16)11-5-2-3-7-13(11)17-10/h2-3,5,7,9,12,14H,4,6,8,16H2,1H3. The van der Waals surface area contributed by atoms with Gasteiger partial charge in [0.05, 0.1) is 5.52 Å². The van der Waals surface area contributed by atoms with Crippen molar-refractivity contribution in [2.45, 2.75) is 38.3 Å². The second-order valence-electron chi connectivity index (χ2n) is 5.03. The van der Waals surface area contributed by atoms with Crippen LogP contribution in [0.15, 0.2) is 30.3 Å². The molecule has 2 unspecified atom stereocenters. The summed E-state index contributed by atoms with van der Waals surface area (Å²) in [5, 5.41) is 1.07. The van der Waals surface area contributed by atoms with Crippen molar-refractivity contribution in [3.63, 3.8) is 0 Å². The third-order valence-electron chi connectivity index (χ3n) is 3.59. The molecule has 3 heteroatoms. The first kappa shape index (κ1) is 11.5. The Kier molecular flexibility index (Phi) is 2.92. The van der Waals surface area contributed by atoms with E-state index in [1.807, 2.05) is 31.2 Å². The zero-order chi connectivity index (χ0) is 12.5. The molecule has 0 spiro atoms. The van der Waals surface area contributed by atoms with Crippen LogP contribution in [-0.2, 0) is 0 Å². The highest BCUT2D eigenvalue weighted by atomic mass is 16.5. The van der Waals surface area contributed by atoms with Gasteiger partial charge in [-0.15, -0.1) is 0 Å². The van der Waals surface area contributed by atoms with Crippen molar-refractivity contribution in [3.05, 3.63) is 36.0 Å². The Morgan fingerprint density at radius 2 is 2.11 bits per heavy atom. The maximum absolute atomic E-state index is 6.12. The fourth-order valence-electron chi connectivity index (χ4n) is 2.63. The predicted octanol–water partition coefficient (Wildman–Crippen LogP) is 2.80. The van der Waals surface area contributed by atoms with E-state index in [4.69, 9.17) is 10.5 Å². The maximum Gasteiger partial charge on any atom is 0.131 e. The summed E-state index contributed by atoms with van der Waals surface area (Å²) in [6.45, 7) is 1.99. The van der Waals surface area contributed by atoms with Crippen LogP contribution in [0.25, 0.3) is 10.9 Å². The Balaban J connectivity index is 2.00. The normalized spacial score (nSPS) is 23.4. The average Bonchev–Trinajstić information content (AvgIpc) is 2.75. The molecule has 1 heterocycles. The van der Waals surface area contributed by atoms with Gasteiger partial charge in [0.1, 0.15) is 11.9 Å². The highest BCUT2D eigenvalue weighted by molar-refractivity contribution is 5.85. The van der Waals surface area contributed by atoms with Crippen LogP contribution in [0.2, 0.25) is 0 Å². The van der Waals surface area contributed by atoms with E-state index in [-0.39, 0.29) is 12.1 Å². The smallest absolute Gasteiger partial charge is 0.131 e. The van der Waals surface area contributed by atoms with E-state index in [2.05, 4.69) is 11.1 Å². The van der Waals surface area contributed by atoms with Gasteiger partial charge in [-0.05, 0) is 38.3 Å². The van der Waals surface area contributed by atoms with Crippen molar-refractivity contribution in [2.75, 3.05) is 0 Å². The SMILES string of the molecule is Cc1cc(OC2CCCC2N)c2ccccc2n1. The van der Waals surface area contributed by atoms with Crippen molar-refractivity contribution in [1.29, 1.82) is 0 Å². The zero-order valence-corrected chi connectivity index (χ0v) is 10.6. The van der Waals surface area contributed by atoms with E-state index >= 15 is 0 Å². The van der Waals surface area contributed by atoms with E-state index < -0.39 is 0 Å². The Bertz CT molecular complexity index is 567. The molecule has 1 saturated carbocycles. The molecule has 2 aromatic rings. The number of nitrogens with two attached hydrogens (primary N) is 1. The van der Waals surface area contributed by atoms with Crippen LogP contribution >= 0.6 is 0 Å². The molecule has 0 radical (unpaired) electrons. The molecule has 3 nitrogen and oxygen atoms in total. The Hall–Kier alpha value is -1.61. The highest BCUT2D eigenvalue weighted by Gasteiger charge is 2.26. The number of nitrogens with zero attached hydrogens (tertiary/aromatic N) is 1. The molecule has 1 aliphatic carbocycles. The molecule has 1 aromatic carbocycles. The van der Waals surface area contributed by atoms with E-state index in [1.165, 1.54) is 0 Å². The summed E-state index contributed by atoms with van der Waals surface area (Å²) in [7, 11) is 0. The molecule has 94 valence electrons. The van der Waals surface area contributed by atoms with Crippen molar-refractivity contribution >= 4 is 10.9 Å². The number of benzene rings is 1. The second-order valence-corrected chi connectivity index (χ2v) is 5.03. The zero-order valence-electron chi connectivity index (χ0n) is 10.6. The average molecular weight is 242 g/mol. The molecule has 0 aliphatic heterocycles. The second kappa shape index (κ2) is 4.58. The topological polar surface area (TPSA) is 48.1 Å². The monoisotopic (exact) mass is 242 g/mol. The number of hydrogen-bond donors (Lipinski definition) is 1. The molecule has 1 aliphatic rings. The first-order valence-corrected chi connectivity index (χ1v) is 6.52. The van der Waals surface area contributed by atoms with Gasteiger partial charge in [0.25, 0.3) is 0 Å². The largest absolute Gasteiger partial charge is 0.488 e. The number of pyridine rings is 1. The number of aromatic nitrogens is 1. The van der Waals surface area contributed by atoms with Crippen LogP contribution in [0.4, 0.5) is 0 Å². The molecule has 0 bridgehead atoms. The number of para-hydroxylation sites is 1. The summed E-state index contributed by atoms with van der Waals surface area (Å²) in [4.78, 5) is 4.52. The van der Waals surface area contributed by atoms with Crippen LogP contribution < -0.4 is 10.5 Å². The first-order valence-electron chi connectivity index (χ1n) is 6.52. The highest BCUT2D eigenvalue weighted by Crippen LogP contribution is 2.29.